The largest absolute Gasteiger partial charge is 0.442 e. The number of hydrogen-bond donors (Lipinski definition) is 1. The van der Waals surface area contributed by atoms with Crippen LogP contribution in [-0.2, 0) is 30.2 Å². The normalized spacial score (nSPS) is 11.6. The number of hydrogen-bond acceptors (Lipinski definition) is 5. The van der Waals surface area contributed by atoms with Crippen molar-refractivity contribution in [3.05, 3.63) is 63.8 Å². The minimum absolute atomic E-state index is 0.158. The van der Waals surface area contributed by atoms with Crippen LogP contribution in [0.1, 0.15) is 37.9 Å². The number of carbonyl (C=O) groups excluding carboxylic acids is 1. The fourth-order valence-corrected chi connectivity index (χ4v) is 2.64. The van der Waals surface area contributed by atoms with Gasteiger partial charge in [0.15, 0.2) is 5.82 Å². The first-order chi connectivity index (χ1) is 13.1. The van der Waals surface area contributed by atoms with Crippen molar-refractivity contribution in [2.24, 2.45) is 7.05 Å². The zero-order chi connectivity index (χ0) is 20.5. The molecule has 9 heteroatoms. The second kappa shape index (κ2) is 7.41. The van der Waals surface area contributed by atoms with Crippen LogP contribution in [0.15, 0.2) is 39.6 Å². The van der Waals surface area contributed by atoms with E-state index in [-0.39, 0.29) is 30.0 Å². The minimum Gasteiger partial charge on any atom is -0.309 e. The molecule has 2 aromatic heterocycles. The van der Waals surface area contributed by atoms with E-state index in [9.17, 15) is 14.0 Å². The summed E-state index contributed by atoms with van der Waals surface area (Å²) in [6, 6.07) is 7.61. The van der Waals surface area contributed by atoms with Gasteiger partial charge in [-0.3, -0.25) is 18.6 Å². The number of rotatable bonds is 5. The van der Waals surface area contributed by atoms with Gasteiger partial charge in [-0.25, -0.2) is 9.18 Å². The molecule has 0 saturated heterocycles. The summed E-state index contributed by atoms with van der Waals surface area (Å²) in [6.07, 6.45) is 0.235. The molecule has 0 aliphatic heterocycles. The number of amides is 1. The number of nitrogens with zero attached hydrogens (tertiary/aromatic N) is 4. The Hall–Kier alpha value is -3.23. The van der Waals surface area contributed by atoms with Crippen LogP contribution in [0.4, 0.5) is 10.2 Å². The molecule has 0 fully saturated rings. The van der Waals surface area contributed by atoms with Crippen LogP contribution in [0, 0.1) is 5.82 Å². The van der Waals surface area contributed by atoms with Gasteiger partial charge in [0.05, 0.1) is 5.69 Å². The Morgan fingerprint density at radius 2 is 1.93 bits per heavy atom. The lowest BCUT2D eigenvalue weighted by molar-refractivity contribution is -0.116. The molecule has 0 unspecified atom stereocenters. The van der Waals surface area contributed by atoms with E-state index >= 15 is 0 Å². The van der Waals surface area contributed by atoms with E-state index in [0.717, 1.165) is 15.8 Å². The van der Waals surface area contributed by atoms with Gasteiger partial charge in [0, 0.05) is 24.9 Å². The quantitative estimate of drug-likeness (QED) is 0.724. The van der Waals surface area contributed by atoms with Crippen molar-refractivity contribution in [2.75, 3.05) is 5.32 Å². The smallest absolute Gasteiger partial charge is 0.309 e. The lowest BCUT2D eigenvalue weighted by atomic mass is 9.92. The fraction of sp³-hybridized carbons (Fsp3) is 0.368. The summed E-state index contributed by atoms with van der Waals surface area (Å²) < 4.78 is 20.5. The van der Waals surface area contributed by atoms with Crippen molar-refractivity contribution < 1.29 is 13.7 Å². The van der Waals surface area contributed by atoms with Gasteiger partial charge in [0.1, 0.15) is 18.2 Å². The van der Waals surface area contributed by atoms with E-state index in [1.165, 1.54) is 12.1 Å². The fourth-order valence-electron chi connectivity index (χ4n) is 2.64. The third-order valence-corrected chi connectivity index (χ3v) is 4.25. The summed E-state index contributed by atoms with van der Waals surface area (Å²) in [7, 11) is 1.73. The highest BCUT2D eigenvalue weighted by molar-refractivity contribution is 5.89. The molecule has 1 N–H and O–H groups in total. The number of halogens is 1. The molecular formula is C19H22FN5O3. The van der Waals surface area contributed by atoms with Gasteiger partial charge in [-0.15, -0.1) is 0 Å². The van der Waals surface area contributed by atoms with Gasteiger partial charge in [-0.2, -0.15) is 5.10 Å². The Balaban J connectivity index is 1.74. The van der Waals surface area contributed by atoms with E-state index < -0.39 is 11.7 Å². The standard InChI is InChI=1S/C19H22FN5O3/c1-19(2,3)14-10-15(24(4)22-14)21-17(26)11-25-16(23-28-18(25)27)9-12-5-7-13(20)8-6-12/h5-8,10H,9,11H2,1-4H3,(H,21,26). The Bertz CT molecular complexity index is 1040. The highest BCUT2D eigenvalue weighted by Gasteiger charge is 2.20. The lowest BCUT2D eigenvalue weighted by Gasteiger charge is -2.13. The molecule has 1 aromatic carbocycles. The third-order valence-electron chi connectivity index (χ3n) is 4.25. The molecule has 1 amide bonds. The molecule has 0 saturated carbocycles. The van der Waals surface area contributed by atoms with Crippen LogP contribution in [0.2, 0.25) is 0 Å². The summed E-state index contributed by atoms with van der Waals surface area (Å²) in [4.78, 5) is 24.4. The van der Waals surface area contributed by atoms with Crippen LogP contribution in [0.25, 0.3) is 0 Å². The van der Waals surface area contributed by atoms with Crippen molar-refractivity contribution in [2.45, 2.75) is 39.2 Å². The SMILES string of the molecule is Cn1nc(C(C)(C)C)cc1NC(=O)Cn1c(Cc2ccc(F)cc2)noc1=O. The zero-order valence-corrected chi connectivity index (χ0v) is 16.2. The second-order valence-corrected chi connectivity index (χ2v) is 7.59. The van der Waals surface area contributed by atoms with Gasteiger partial charge in [0.2, 0.25) is 5.91 Å². The minimum atomic E-state index is -0.729. The molecule has 28 heavy (non-hydrogen) atoms. The Labute approximate surface area is 161 Å². The second-order valence-electron chi connectivity index (χ2n) is 7.59. The van der Waals surface area contributed by atoms with E-state index in [1.54, 1.807) is 29.9 Å². The molecule has 0 atom stereocenters. The maximum Gasteiger partial charge on any atom is 0.442 e. The van der Waals surface area contributed by atoms with Crippen LogP contribution >= 0.6 is 0 Å². The number of benzene rings is 1. The van der Waals surface area contributed by atoms with Crippen LogP contribution in [0.3, 0.4) is 0 Å². The van der Waals surface area contributed by atoms with Gasteiger partial charge in [-0.05, 0) is 17.7 Å². The van der Waals surface area contributed by atoms with Gasteiger partial charge >= 0.3 is 5.76 Å². The summed E-state index contributed by atoms with van der Waals surface area (Å²) in [5.41, 5.74) is 1.42. The van der Waals surface area contributed by atoms with Crippen molar-refractivity contribution >= 4 is 11.7 Å². The number of aromatic nitrogens is 4. The number of anilines is 1. The summed E-state index contributed by atoms with van der Waals surface area (Å²) in [5, 5.41) is 10.9. The highest BCUT2D eigenvalue weighted by Crippen LogP contribution is 2.23. The lowest BCUT2D eigenvalue weighted by Crippen LogP contribution is -2.27. The molecule has 0 spiro atoms. The van der Waals surface area contributed by atoms with Gasteiger partial charge in [-0.1, -0.05) is 38.1 Å². The Morgan fingerprint density at radius 1 is 1.25 bits per heavy atom. The third kappa shape index (κ3) is 4.36. The number of aryl methyl sites for hydroxylation is 1. The van der Waals surface area contributed by atoms with E-state index in [1.807, 2.05) is 20.8 Å². The molecule has 0 bridgehead atoms. The van der Waals surface area contributed by atoms with Crippen molar-refractivity contribution in [1.29, 1.82) is 0 Å². The van der Waals surface area contributed by atoms with E-state index in [2.05, 4.69) is 15.6 Å². The average Bonchev–Trinajstić information content (AvgIpc) is 3.14. The van der Waals surface area contributed by atoms with E-state index in [4.69, 9.17) is 4.52 Å². The Kier molecular flexibility index (Phi) is 5.17. The zero-order valence-electron chi connectivity index (χ0n) is 16.2. The number of carbonyl (C=O) groups is 1. The summed E-state index contributed by atoms with van der Waals surface area (Å²) in [6.45, 7) is 5.83. The first kappa shape index (κ1) is 19.5. The summed E-state index contributed by atoms with van der Waals surface area (Å²) >= 11 is 0. The summed E-state index contributed by atoms with van der Waals surface area (Å²) in [5.74, 6) is -0.681. The maximum atomic E-state index is 13.0. The molecule has 8 nitrogen and oxygen atoms in total. The molecule has 148 valence electrons. The molecule has 0 aliphatic rings. The van der Waals surface area contributed by atoms with Crippen LogP contribution in [-0.4, -0.2) is 25.4 Å². The molecule has 3 rings (SSSR count). The van der Waals surface area contributed by atoms with Gasteiger partial charge in [0.25, 0.3) is 0 Å². The number of nitrogens with one attached hydrogen (secondary N) is 1. The predicted molar refractivity (Wildman–Crippen MR) is 101 cm³/mol. The Morgan fingerprint density at radius 3 is 2.54 bits per heavy atom. The van der Waals surface area contributed by atoms with Crippen molar-refractivity contribution in [3.8, 4) is 0 Å². The average molecular weight is 387 g/mol. The van der Waals surface area contributed by atoms with Crippen molar-refractivity contribution in [3.63, 3.8) is 0 Å². The van der Waals surface area contributed by atoms with Crippen LogP contribution < -0.4 is 11.1 Å². The predicted octanol–water partition coefficient (Wildman–Crippen LogP) is 2.24. The molecular weight excluding hydrogens is 365 g/mol. The van der Waals surface area contributed by atoms with Crippen LogP contribution in [0.5, 0.6) is 0 Å². The van der Waals surface area contributed by atoms with Crippen molar-refractivity contribution in [1.82, 2.24) is 19.5 Å². The van der Waals surface area contributed by atoms with Gasteiger partial charge < -0.3 is 5.32 Å². The maximum absolute atomic E-state index is 13.0. The molecule has 0 radical (unpaired) electrons. The monoisotopic (exact) mass is 387 g/mol. The molecule has 3 aromatic rings. The molecule has 2 heterocycles. The first-order valence-electron chi connectivity index (χ1n) is 8.77. The van der Waals surface area contributed by atoms with E-state index in [0.29, 0.717) is 5.82 Å². The highest BCUT2D eigenvalue weighted by atomic mass is 19.1. The molecule has 0 aliphatic carbocycles. The first-order valence-corrected chi connectivity index (χ1v) is 8.77. The topological polar surface area (TPSA) is 95.0 Å².